The zero-order valence-corrected chi connectivity index (χ0v) is 13.0. The largest absolute Gasteiger partial charge is 0.312 e. The molecule has 0 fully saturated rings. The molecule has 0 saturated carbocycles. The molecule has 0 aliphatic heterocycles. The average molecular weight is 356 g/mol. The lowest BCUT2D eigenvalue weighted by Crippen LogP contribution is -2.20. The maximum absolute atomic E-state index is 3.49. The molecule has 0 spiro atoms. The van der Waals surface area contributed by atoms with E-state index in [0.29, 0.717) is 0 Å². The highest BCUT2D eigenvalue weighted by Gasteiger charge is 2.03. The zero-order valence-electron chi connectivity index (χ0n) is 9.02. The third-order valence-electron chi connectivity index (χ3n) is 1.95. The lowest BCUT2D eigenvalue weighted by molar-refractivity contribution is 0.394. The van der Waals surface area contributed by atoms with E-state index in [1.165, 1.54) is 15.1 Å². The van der Waals surface area contributed by atoms with Gasteiger partial charge < -0.3 is 10.2 Å². The fourth-order valence-corrected chi connectivity index (χ4v) is 3.36. The Kier molecular flexibility index (Phi) is 6.38. The summed E-state index contributed by atoms with van der Waals surface area (Å²) in [6.45, 7) is 3.18. The van der Waals surface area contributed by atoms with Gasteiger partial charge in [-0.2, -0.15) is 0 Å². The van der Waals surface area contributed by atoms with Gasteiger partial charge in [0.15, 0.2) is 0 Å². The van der Waals surface area contributed by atoms with E-state index in [9.17, 15) is 0 Å². The molecule has 1 heterocycles. The van der Waals surface area contributed by atoms with Gasteiger partial charge >= 0.3 is 0 Å². The van der Waals surface area contributed by atoms with E-state index in [4.69, 9.17) is 0 Å². The smallest absolute Gasteiger partial charge is 0.0843 e. The van der Waals surface area contributed by atoms with Crippen LogP contribution in [0, 0.1) is 0 Å². The summed E-state index contributed by atoms with van der Waals surface area (Å²) < 4.78 is 2.32. The van der Waals surface area contributed by atoms with Gasteiger partial charge in [0, 0.05) is 15.9 Å². The van der Waals surface area contributed by atoms with E-state index in [1.807, 2.05) is 0 Å². The summed E-state index contributed by atoms with van der Waals surface area (Å²) in [5.41, 5.74) is 0. The number of hydrogen-bond donors (Lipinski definition) is 1. The van der Waals surface area contributed by atoms with Gasteiger partial charge in [-0.15, -0.1) is 11.3 Å². The summed E-state index contributed by atoms with van der Waals surface area (Å²) in [5.74, 6) is 0. The molecule has 0 aromatic carbocycles. The van der Waals surface area contributed by atoms with Crippen LogP contribution in [0.25, 0.3) is 0 Å². The van der Waals surface area contributed by atoms with E-state index in [2.05, 4.69) is 62.2 Å². The third-order valence-corrected chi connectivity index (χ3v) is 5.21. The van der Waals surface area contributed by atoms with Gasteiger partial charge in [-0.25, -0.2) is 0 Å². The lowest BCUT2D eigenvalue weighted by Gasteiger charge is -2.09. The van der Waals surface area contributed by atoms with Gasteiger partial charge in [0.1, 0.15) is 0 Å². The Morgan fingerprint density at radius 2 is 2.13 bits per heavy atom. The normalized spacial score (nSPS) is 11.3. The molecule has 0 saturated heterocycles. The van der Waals surface area contributed by atoms with E-state index in [-0.39, 0.29) is 0 Å². The molecule has 86 valence electrons. The number of rotatable bonds is 6. The van der Waals surface area contributed by atoms with Crippen molar-refractivity contribution in [2.45, 2.75) is 13.0 Å². The molecule has 0 amide bonds. The van der Waals surface area contributed by atoms with Crippen molar-refractivity contribution in [2.75, 3.05) is 27.2 Å². The highest BCUT2D eigenvalue weighted by molar-refractivity contribution is 9.13. The molecule has 0 aliphatic carbocycles. The topological polar surface area (TPSA) is 15.3 Å². The molecular formula is C10H16Br2N2S. The average Bonchev–Trinajstić information content (AvgIpc) is 2.45. The van der Waals surface area contributed by atoms with Crippen molar-refractivity contribution < 1.29 is 0 Å². The first-order valence-corrected chi connectivity index (χ1v) is 7.29. The fraction of sp³-hybridized carbons (Fsp3) is 0.600. The summed E-state index contributed by atoms with van der Waals surface area (Å²) in [4.78, 5) is 3.57. The molecule has 0 atom stereocenters. The molecule has 0 bridgehead atoms. The molecule has 15 heavy (non-hydrogen) atoms. The van der Waals surface area contributed by atoms with Crippen LogP contribution >= 0.6 is 43.2 Å². The first kappa shape index (κ1) is 13.6. The van der Waals surface area contributed by atoms with Crippen LogP contribution < -0.4 is 5.32 Å². The van der Waals surface area contributed by atoms with E-state index in [0.717, 1.165) is 24.1 Å². The second-order valence-electron chi connectivity index (χ2n) is 3.67. The van der Waals surface area contributed by atoms with Crippen molar-refractivity contribution in [3.05, 3.63) is 19.2 Å². The molecule has 1 N–H and O–H groups in total. The molecule has 2 nitrogen and oxygen atoms in total. The number of thiophene rings is 1. The molecule has 5 heteroatoms. The van der Waals surface area contributed by atoms with Crippen molar-refractivity contribution in [1.82, 2.24) is 10.2 Å². The third kappa shape index (κ3) is 5.45. The molecule has 0 unspecified atom stereocenters. The molecular weight excluding hydrogens is 340 g/mol. The fourth-order valence-electron chi connectivity index (χ4n) is 1.21. The quantitative estimate of drug-likeness (QED) is 0.787. The first-order chi connectivity index (χ1) is 7.09. The number of halogens is 2. The molecule has 1 aromatic heterocycles. The summed E-state index contributed by atoms with van der Waals surface area (Å²) >= 11 is 8.76. The van der Waals surface area contributed by atoms with E-state index < -0.39 is 0 Å². The molecule has 1 aromatic rings. The number of hydrogen-bond acceptors (Lipinski definition) is 3. The Morgan fingerprint density at radius 3 is 2.67 bits per heavy atom. The van der Waals surface area contributed by atoms with Crippen molar-refractivity contribution in [2.24, 2.45) is 0 Å². The Morgan fingerprint density at radius 1 is 1.40 bits per heavy atom. The summed E-state index contributed by atoms with van der Waals surface area (Å²) in [6.07, 6.45) is 1.20. The standard InChI is InChI=1S/C10H16Br2N2S/c1-14(2)5-3-4-13-7-8-6-9(11)10(12)15-8/h6,13H,3-5,7H2,1-2H3. The Hall–Kier alpha value is 0.580. The highest BCUT2D eigenvalue weighted by atomic mass is 79.9. The van der Waals surface area contributed by atoms with Crippen LogP contribution in [0.2, 0.25) is 0 Å². The zero-order chi connectivity index (χ0) is 11.3. The Balaban J connectivity index is 2.15. The van der Waals surface area contributed by atoms with Crippen molar-refractivity contribution in [1.29, 1.82) is 0 Å². The summed E-state index contributed by atoms with van der Waals surface area (Å²) in [6, 6.07) is 2.16. The van der Waals surface area contributed by atoms with Crippen LogP contribution in [0.3, 0.4) is 0 Å². The van der Waals surface area contributed by atoms with E-state index >= 15 is 0 Å². The second-order valence-corrected chi connectivity index (χ2v) is 6.98. The maximum Gasteiger partial charge on any atom is 0.0843 e. The second kappa shape index (κ2) is 7.01. The monoisotopic (exact) mass is 354 g/mol. The Bertz CT molecular complexity index is 280. The van der Waals surface area contributed by atoms with Gasteiger partial charge in [0.2, 0.25) is 0 Å². The minimum atomic E-state index is 0.961. The van der Waals surface area contributed by atoms with Crippen LogP contribution in [-0.2, 0) is 6.54 Å². The van der Waals surface area contributed by atoms with Crippen molar-refractivity contribution >= 4 is 43.2 Å². The van der Waals surface area contributed by atoms with Crippen LogP contribution in [-0.4, -0.2) is 32.1 Å². The summed E-state index contributed by atoms with van der Waals surface area (Å²) in [5, 5.41) is 3.44. The van der Waals surface area contributed by atoms with Gasteiger partial charge in [-0.05, 0) is 71.5 Å². The van der Waals surface area contributed by atoms with Crippen LogP contribution in [0.1, 0.15) is 11.3 Å². The first-order valence-electron chi connectivity index (χ1n) is 4.88. The lowest BCUT2D eigenvalue weighted by atomic mass is 10.4. The SMILES string of the molecule is CN(C)CCCNCc1cc(Br)c(Br)s1. The predicted octanol–water partition coefficient (Wildman–Crippen LogP) is 3.31. The molecule has 0 radical (unpaired) electrons. The van der Waals surface area contributed by atoms with Gasteiger partial charge in [0.25, 0.3) is 0 Å². The predicted molar refractivity (Wildman–Crippen MR) is 74.6 cm³/mol. The van der Waals surface area contributed by atoms with Gasteiger partial charge in [-0.1, -0.05) is 0 Å². The van der Waals surface area contributed by atoms with E-state index in [1.54, 1.807) is 11.3 Å². The van der Waals surface area contributed by atoms with Crippen molar-refractivity contribution in [3.63, 3.8) is 0 Å². The minimum absolute atomic E-state index is 0.961. The Labute approximate surface area is 112 Å². The molecule has 1 rings (SSSR count). The van der Waals surface area contributed by atoms with Gasteiger partial charge in [0.05, 0.1) is 3.79 Å². The minimum Gasteiger partial charge on any atom is -0.312 e. The summed E-state index contributed by atoms with van der Waals surface area (Å²) in [7, 11) is 4.21. The number of nitrogens with zero attached hydrogens (tertiary/aromatic N) is 1. The molecule has 0 aliphatic rings. The van der Waals surface area contributed by atoms with Crippen LogP contribution in [0.4, 0.5) is 0 Å². The van der Waals surface area contributed by atoms with Gasteiger partial charge in [-0.3, -0.25) is 0 Å². The van der Waals surface area contributed by atoms with Crippen LogP contribution in [0.5, 0.6) is 0 Å². The van der Waals surface area contributed by atoms with Crippen LogP contribution in [0.15, 0.2) is 14.3 Å². The number of nitrogens with one attached hydrogen (secondary N) is 1. The maximum atomic E-state index is 3.49. The highest BCUT2D eigenvalue weighted by Crippen LogP contribution is 2.32. The van der Waals surface area contributed by atoms with Crippen molar-refractivity contribution in [3.8, 4) is 0 Å².